The zero-order valence-corrected chi connectivity index (χ0v) is 14.7. The van der Waals surface area contributed by atoms with E-state index in [1.165, 1.54) is 0 Å². The van der Waals surface area contributed by atoms with Crippen LogP contribution < -0.4 is 0 Å². The summed E-state index contributed by atoms with van der Waals surface area (Å²) in [5.74, 6) is -0.107. The number of carbonyl (C=O) groups is 1. The molecule has 0 aliphatic carbocycles. The Hall–Kier alpha value is -2.22. The molecule has 0 saturated carbocycles. The third-order valence-electron chi connectivity index (χ3n) is 4.14. The number of carbonyl (C=O) groups excluding carboxylic acids is 2. The van der Waals surface area contributed by atoms with E-state index in [0.29, 0.717) is 16.7 Å². The number of benzene rings is 2. The lowest BCUT2D eigenvalue weighted by Gasteiger charge is -2.20. The summed E-state index contributed by atoms with van der Waals surface area (Å²) in [4.78, 5) is 24.4. The molecule has 2 heteroatoms. The van der Waals surface area contributed by atoms with Gasteiger partial charge < -0.3 is 0 Å². The lowest BCUT2D eigenvalue weighted by atomic mass is 9.83. The van der Waals surface area contributed by atoms with Gasteiger partial charge in [-0.05, 0) is 55.0 Å². The second-order valence-electron chi connectivity index (χ2n) is 7.22. The third kappa shape index (κ3) is 3.42. The van der Waals surface area contributed by atoms with E-state index < -0.39 is 0 Å². The minimum atomic E-state index is -0.107. The van der Waals surface area contributed by atoms with Crippen molar-refractivity contribution in [1.82, 2.24) is 0 Å². The fourth-order valence-electron chi connectivity index (χ4n) is 2.96. The van der Waals surface area contributed by atoms with Crippen LogP contribution in [-0.4, -0.2) is 12.1 Å². The van der Waals surface area contributed by atoms with Gasteiger partial charge in [-0.25, -0.2) is 0 Å². The lowest BCUT2D eigenvalue weighted by molar-refractivity contribution is 0.103. The first kappa shape index (κ1) is 17.1. The summed E-state index contributed by atoms with van der Waals surface area (Å²) in [5.41, 5.74) is 5.37. The highest BCUT2D eigenvalue weighted by Crippen LogP contribution is 2.27. The molecule has 0 N–H and O–H groups in total. The van der Waals surface area contributed by atoms with Crippen molar-refractivity contribution in [3.05, 3.63) is 69.3 Å². The summed E-state index contributed by atoms with van der Waals surface area (Å²) in [5, 5.41) is 0. The van der Waals surface area contributed by atoms with Crippen molar-refractivity contribution >= 4 is 12.1 Å². The van der Waals surface area contributed by atoms with Crippen molar-refractivity contribution in [3.63, 3.8) is 0 Å². The zero-order valence-electron chi connectivity index (χ0n) is 14.7. The van der Waals surface area contributed by atoms with E-state index in [4.69, 9.17) is 0 Å². The Kier molecular flexibility index (Phi) is 4.56. The van der Waals surface area contributed by atoms with Crippen LogP contribution in [0.15, 0.2) is 30.3 Å². The Morgan fingerprint density at radius 2 is 1.52 bits per heavy atom. The topological polar surface area (TPSA) is 34.1 Å². The summed E-state index contributed by atoms with van der Waals surface area (Å²) < 4.78 is 0. The normalized spacial score (nSPS) is 11.4. The van der Waals surface area contributed by atoms with Crippen LogP contribution in [0.4, 0.5) is 0 Å². The van der Waals surface area contributed by atoms with Crippen LogP contribution in [0.2, 0.25) is 0 Å². The molecule has 0 unspecified atom stereocenters. The highest BCUT2D eigenvalue weighted by atomic mass is 16.1. The summed E-state index contributed by atoms with van der Waals surface area (Å²) >= 11 is 0. The molecule has 0 amide bonds. The van der Waals surface area contributed by atoms with Gasteiger partial charge in [-0.1, -0.05) is 44.5 Å². The maximum Gasteiger partial charge on any atom is 0.234 e. The molecule has 0 aromatic heterocycles. The average Bonchev–Trinajstić information content (AvgIpc) is 2.44. The fourth-order valence-corrected chi connectivity index (χ4v) is 2.96. The van der Waals surface area contributed by atoms with Gasteiger partial charge in [0.2, 0.25) is 6.29 Å². The Morgan fingerprint density at radius 1 is 0.957 bits per heavy atom. The van der Waals surface area contributed by atoms with Gasteiger partial charge in [0.1, 0.15) is 0 Å². The van der Waals surface area contributed by atoms with Gasteiger partial charge in [0.05, 0.1) is 0 Å². The number of hydrogen-bond acceptors (Lipinski definition) is 2. The second-order valence-corrected chi connectivity index (χ2v) is 7.22. The molecule has 2 aromatic carbocycles. The first-order valence-corrected chi connectivity index (χ1v) is 7.80. The van der Waals surface area contributed by atoms with Gasteiger partial charge in [-0.2, -0.15) is 0 Å². The van der Waals surface area contributed by atoms with Crippen molar-refractivity contribution < 1.29 is 9.59 Å². The molecular weight excluding hydrogens is 284 g/mol. The van der Waals surface area contributed by atoms with Gasteiger partial charge in [0.25, 0.3) is 0 Å². The molecule has 0 saturated heterocycles. The van der Waals surface area contributed by atoms with Crippen molar-refractivity contribution in [3.8, 4) is 0 Å². The molecule has 0 fully saturated rings. The molecule has 2 rings (SSSR count). The van der Waals surface area contributed by atoms with Crippen LogP contribution in [0, 0.1) is 20.8 Å². The maximum atomic E-state index is 13.1. The highest BCUT2D eigenvalue weighted by Gasteiger charge is 2.22. The lowest BCUT2D eigenvalue weighted by Crippen LogP contribution is -2.15. The molecule has 1 radical (unpaired) electrons. The average molecular weight is 307 g/mol. The summed E-state index contributed by atoms with van der Waals surface area (Å²) in [7, 11) is 0. The predicted molar refractivity (Wildman–Crippen MR) is 94.0 cm³/mol. The van der Waals surface area contributed by atoms with Crippen LogP contribution in [0.3, 0.4) is 0 Å². The smallest absolute Gasteiger partial charge is 0.234 e. The van der Waals surface area contributed by atoms with Gasteiger partial charge in [0, 0.05) is 16.7 Å². The highest BCUT2D eigenvalue weighted by molar-refractivity contribution is 6.14. The Balaban J connectivity index is 2.66. The number of hydrogen-bond donors (Lipinski definition) is 0. The van der Waals surface area contributed by atoms with Crippen LogP contribution in [0.25, 0.3) is 0 Å². The van der Waals surface area contributed by atoms with Gasteiger partial charge >= 0.3 is 0 Å². The van der Waals surface area contributed by atoms with E-state index in [2.05, 4.69) is 20.8 Å². The van der Waals surface area contributed by atoms with Crippen molar-refractivity contribution in [2.45, 2.75) is 47.0 Å². The van der Waals surface area contributed by atoms with Crippen LogP contribution in [-0.2, 0) is 10.2 Å². The van der Waals surface area contributed by atoms with Crippen LogP contribution >= 0.6 is 0 Å². The Bertz CT molecular complexity index is 754. The quantitative estimate of drug-likeness (QED) is 0.777. The Labute approximate surface area is 138 Å². The first-order chi connectivity index (χ1) is 10.6. The van der Waals surface area contributed by atoms with E-state index in [0.717, 1.165) is 22.3 Å². The molecule has 0 aliphatic heterocycles. The molecule has 2 aromatic rings. The third-order valence-corrected chi connectivity index (χ3v) is 4.14. The fraction of sp³-hybridized carbons (Fsp3) is 0.333. The molecular formula is C21H23O2. The van der Waals surface area contributed by atoms with Crippen molar-refractivity contribution in [2.75, 3.05) is 0 Å². The van der Waals surface area contributed by atoms with Crippen LogP contribution in [0.5, 0.6) is 0 Å². The number of ketones is 1. The monoisotopic (exact) mass is 307 g/mol. The minimum absolute atomic E-state index is 0.0895. The molecule has 2 nitrogen and oxygen atoms in total. The molecule has 0 aliphatic rings. The molecule has 0 atom stereocenters. The summed E-state index contributed by atoms with van der Waals surface area (Å²) in [6.07, 6.45) is 1.90. The molecule has 0 bridgehead atoms. The van der Waals surface area contributed by atoms with Gasteiger partial charge in [-0.15, -0.1) is 0 Å². The van der Waals surface area contributed by atoms with Crippen molar-refractivity contribution in [2.24, 2.45) is 0 Å². The van der Waals surface area contributed by atoms with E-state index >= 15 is 0 Å². The first-order valence-electron chi connectivity index (χ1n) is 7.80. The van der Waals surface area contributed by atoms with E-state index in [-0.39, 0.29) is 11.2 Å². The second kappa shape index (κ2) is 6.11. The molecule has 0 spiro atoms. The predicted octanol–water partition coefficient (Wildman–Crippen LogP) is 4.60. The van der Waals surface area contributed by atoms with Gasteiger partial charge in [-0.3, -0.25) is 9.59 Å². The number of aryl methyl sites for hydroxylation is 3. The number of rotatable bonds is 3. The molecule has 23 heavy (non-hydrogen) atoms. The zero-order chi connectivity index (χ0) is 17.4. The van der Waals surface area contributed by atoms with Crippen molar-refractivity contribution in [1.29, 1.82) is 0 Å². The van der Waals surface area contributed by atoms with E-state index in [1.54, 1.807) is 6.07 Å². The Morgan fingerprint density at radius 3 is 2.00 bits per heavy atom. The van der Waals surface area contributed by atoms with Gasteiger partial charge in [0.15, 0.2) is 5.78 Å². The SMILES string of the molecule is Cc1cc(C)c(C(=O)c2cc(C(C)(C)C)ccc2[C]=O)c(C)c1. The largest absolute Gasteiger partial charge is 0.289 e. The minimum Gasteiger partial charge on any atom is -0.289 e. The summed E-state index contributed by atoms with van der Waals surface area (Å²) in [6, 6.07) is 9.42. The summed E-state index contributed by atoms with van der Waals surface area (Å²) in [6.45, 7) is 12.1. The maximum absolute atomic E-state index is 13.1. The molecule has 0 heterocycles. The van der Waals surface area contributed by atoms with E-state index in [1.807, 2.05) is 51.3 Å². The van der Waals surface area contributed by atoms with E-state index in [9.17, 15) is 9.59 Å². The standard InChI is InChI=1S/C21H23O2/c1-13-9-14(2)19(15(3)10-13)20(23)18-11-17(21(4,5)6)8-7-16(18)12-22/h7-11H,1-6H3. The van der Waals surface area contributed by atoms with Crippen LogP contribution in [0.1, 0.15) is 64.5 Å². The molecule has 119 valence electrons.